The first-order valence-electron chi connectivity index (χ1n) is 7.43. The minimum absolute atomic E-state index is 0. The summed E-state index contributed by atoms with van der Waals surface area (Å²) in [6.07, 6.45) is 7.93. The molecule has 0 saturated carbocycles. The Morgan fingerprint density at radius 1 is 1.33 bits per heavy atom. The maximum Gasteiger partial charge on any atom is -0.147 e. The van der Waals surface area contributed by atoms with E-state index >= 15 is 0 Å². The molecule has 0 aromatic rings. The van der Waals surface area contributed by atoms with E-state index in [2.05, 4.69) is 66.9 Å². The van der Waals surface area contributed by atoms with Crippen LogP contribution in [0.3, 0.4) is 0 Å². The molecule has 1 aliphatic carbocycles. The van der Waals surface area contributed by atoms with Gasteiger partial charge in [0, 0.05) is 0 Å². The third kappa shape index (κ3) is 4.43. The van der Waals surface area contributed by atoms with Crippen LogP contribution in [0.2, 0.25) is 21.9 Å². The van der Waals surface area contributed by atoms with Crippen molar-refractivity contribution < 1.29 is 20.5 Å². The Bertz CT molecular complexity index is 526. The van der Waals surface area contributed by atoms with Gasteiger partial charge in [-0.25, -0.2) is 0 Å². The van der Waals surface area contributed by atoms with Gasteiger partial charge < -0.3 is 0 Å². The summed E-state index contributed by atoms with van der Waals surface area (Å²) in [6, 6.07) is 0. The third-order valence-corrected chi connectivity index (χ3v) is 78.7. The zero-order chi connectivity index (χ0) is 15.0. The molecule has 0 spiro atoms. The number of allylic oxidation sites excluding steroid dienone is 4. The van der Waals surface area contributed by atoms with Gasteiger partial charge in [-0.15, -0.1) is 24.8 Å². The molecule has 2 nitrogen and oxygen atoms in total. The molecule has 0 aromatic heterocycles. The van der Waals surface area contributed by atoms with E-state index in [0.717, 1.165) is 10.5 Å². The second kappa shape index (κ2) is 7.04. The maximum atomic E-state index is 9.83. The predicted molar refractivity (Wildman–Crippen MR) is 104 cm³/mol. The SMILES string of the molecule is C[SiH](C)[Zr]([CH3])(=[SiH2])([CH2]CO)([NH]C(C)(C)C)[C]1=CC=CC1.Cl.Cl. The monoisotopic (exact) mass is 448 g/mol. The molecule has 2 N–H and O–H groups in total. The van der Waals surface area contributed by atoms with Crippen molar-refractivity contribution in [1.29, 1.82) is 0 Å². The van der Waals surface area contributed by atoms with Crippen molar-refractivity contribution in [2.75, 3.05) is 6.61 Å². The summed E-state index contributed by atoms with van der Waals surface area (Å²) in [6.45, 7) is 14.4. The van der Waals surface area contributed by atoms with Gasteiger partial charge in [0.25, 0.3) is 0 Å². The molecule has 0 atom stereocenters. The van der Waals surface area contributed by atoms with Gasteiger partial charge in [-0.05, 0) is 0 Å². The first kappa shape index (κ1) is 24.5. The second-order valence-electron chi connectivity index (χ2n) is 8.60. The van der Waals surface area contributed by atoms with E-state index in [-0.39, 0.29) is 30.4 Å². The van der Waals surface area contributed by atoms with Gasteiger partial charge in [-0.3, -0.25) is 0 Å². The fraction of sp³-hybridized carbons (Fsp3) is 0.714. The minimum atomic E-state index is -3.75. The molecular formula is C14H34Cl2NOSi2Zr. The molecule has 21 heavy (non-hydrogen) atoms. The van der Waals surface area contributed by atoms with Crippen LogP contribution in [-0.4, -0.2) is 30.1 Å². The van der Waals surface area contributed by atoms with Gasteiger partial charge in [-0.2, -0.15) is 0 Å². The number of aliphatic hydroxyl groups is 1. The molecule has 7 heteroatoms. The van der Waals surface area contributed by atoms with Crippen LogP contribution in [0, 0.1) is 0 Å². The molecule has 0 fully saturated rings. The van der Waals surface area contributed by atoms with Crippen LogP contribution in [0.1, 0.15) is 27.2 Å². The molecule has 0 unspecified atom stereocenters. The summed E-state index contributed by atoms with van der Waals surface area (Å²) < 4.78 is 9.36. The zero-order valence-electron chi connectivity index (χ0n) is 14.4. The Morgan fingerprint density at radius 3 is 2.14 bits per heavy atom. The number of hydrogen-bond acceptors (Lipinski definition) is 2. The Balaban J connectivity index is 0. The van der Waals surface area contributed by atoms with Crippen LogP contribution >= 0.6 is 24.8 Å². The van der Waals surface area contributed by atoms with Crippen molar-refractivity contribution in [3.8, 4) is 0 Å². The Kier molecular flexibility index (Phi) is 8.23. The molecule has 0 radical (unpaired) electrons. The molecule has 1 rings (SSSR count). The van der Waals surface area contributed by atoms with Crippen molar-refractivity contribution in [2.45, 2.75) is 54.6 Å². The van der Waals surface area contributed by atoms with Crippen LogP contribution in [-0.2, 0) is 15.4 Å². The van der Waals surface area contributed by atoms with Crippen molar-refractivity contribution in [3.63, 3.8) is 0 Å². The standard InChI is InChI=1S/C5H5.C4H10N.C2H5O.C2H7Si.CH3.2ClH.H2Si.Zr/c1-2-4-5-3-1;1-4(2,3)5;1-2-3;1-3-2;;;;;/h1-3H,4H2;5H,1-3H3;3H,1-2H2;3H,1-2H3;1H3;2*1H;1H2;/q;-1;;;;;;;+1. The summed E-state index contributed by atoms with van der Waals surface area (Å²) >= 11 is -3.75. The van der Waals surface area contributed by atoms with Crippen LogP contribution in [0.15, 0.2) is 21.5 Å². The van der Waals surface area contributed by atoms with Gasteiger partial charge in [0.1, 0.15) is 0 Å². The minimum Gasteiger partial charge on any atom is -0.147 e. The summed E-state index contributed by atoms with van der Waals surface area (Å²) in [5, 5.41) is 9.83. The van der Waals surface area contributed by atoms with E-state index in [0.29, 0.717) is 6.61 Å². The largest absolute Gasteiger partial charge is 0.147 e. The normalized spacial score (nSPS) is 18.4. The Labute approximate surface area is 143 Å². The molecule has 127 valence electrons. The Hall–Kier alpha value is 1.30. The van der Waals surface area contributed by atoms with E-state index in [1.807, 2.05) is 0 Å². The molecular weight excluding hydrogens is 416 g/mol. The third-order valence-electron chi connectivity index (χ3n) is 5.61. The number of nitrogens with one attached hydrogen (secondary N) is 1. The number of rotatable bonds is 5. The fourth-order valence-corrected chi connectivity index (χ4v) is 41.0. The molecule has 0 bridgehead atoms. The van der Waals surface area contributed by atoms with Crippen LogP contribution in [0.4, 0.5) is 0 Å². The zero-order valence-corrected chi connectivity index (χ0v) is 21.1. The van der Waals surface area contributed by atoms with Gasteiger partial charge in [0.15, 0.2) is 0 Å². The number of halogens is 2. The Morgan fingerprint density at radius 2 is 1.86 bits per heavy atom. The molecule has 0 aromatic carbocycles. The maximum absolute atomic E-state index is 9.83. The quantitative estimate of drug-likeness (QED) is 0.631. The van der Waals surface area contributed by atoms with Crippen LogP contribution in [0.25, 0.3) is 0 Å². The average Bonchev–Trinajstić information content (AvgIpc) is 2.67. The van der Waals surface area contributed by atoms with Gasteiger partial charge in [0.05, 0.1) is 0 Å². The van der Waals surface area contributed by atoms with E-state index in [1.165, 1.54) is 0 Å². The van der Waals surface area contributed by atoms with Crippen molar-refractivity contribution >= 4 is 37.6 Å². The van der Waals surface area contributed by atoms with E-state index in [9.17, 15) is 5.11 Å². The van der Waals surface area contributed by atoms with Gasteiger partial charge >= 0.3 is 119 Å². The fourth-order valence-electron chi connectivity index (χ4n) is 3.88. The molecule has 0 amide bonds. The van der Waals surface area contributed by atoms with Gasteiger partial charge in [-0.1, -0.05) is 0 Å². The summed E-state index contributed by atoms with van der Waals surface area (Å²) in [7, 11) is 0. The molecule has 1 aliphatic rings. The topological polar surface area (TPSA) is 32.3 Å². The van der Waals surface area contributed by atoms with E-state index in [1.54, 1.807) is 3.28 Å². The van der Waals surface area contributed by atoms with E-state index in [4.69, 9.17) is 0 Å². The summed E-state index contributed by atoms with van der Waals surface area (Å²) in [5.74, 6) is -0.986. The van der Waals surface area contributed by atoms with Gasteiger partial charge in [0.2, 0.25) is 0 Å². The van der Waals surface area contributed by atoms with Crippen molar-refractivity contribution in [2.24, 2.45) is 0 Å². The van der Waals surface area contributed by atoms with Crippen molar-refractivity contribution in [3.05, 3.63) is 21.5 Å². The average molecular weight is 451 g/mol. The van der Waals surface area contributed by atoms with Crippen molar-refractivity contribution in [1.82, 2.24) is 3.26 Å². The molecule has 0 saturated heterocycles. The molecule has 0 heterocycles. The van der Waals surface area contributed by atoms with Crippen LogP contribution in [0.5, 0.6) is 0 Å². The van der Waals surface area contributed by atoms with E-state index < -0.39 is 21.3 Å². The summed E-state index contributed by atoms with van der Waals surface area (Å²) in [5.41, 5.74) is 0.101. The number of hydrogen-bond donors (Lipinski definition) is 2. The number of aliphatic hydroxyl groups excluding tert-OH is 1. The van der Waals surface area contributed by atoms with Crippen LogP contribution < -0.4 is 3.26 Å². The summed E-state index contributed by atoms with van der Waals surface area (Å²) in [4.78, 5) is 0. The molecule has 0 aliphatic heterocycles. The first-order chi connectivity index (χ1) is 8.40. The first-order valence-corrected chi connectivity index (χ1v) is 27.2. The predicted octanol–water partition coefficient (Wildman–Crippen LogP) is 3.19. The smallest absolute Gasteiger partial charge is 0.147 e. The second-order valence-corrected chi connectivity index (χ2v) is 69.2.